The number of benzene rings is 1. The summed E-state index contributed by atoms with van der Waals surface area (Å²) in [6.45, 7) is 0. The Morgan fingerprint density at radius 2 is 1.96 bits per heavy atom. The molecule has 0 aliphatic heterocycles. The van der Waals surface area contributed by atoms with Crippen LogP contribution in [0.1, 0.15) is 0 Å². The highest BCUT2D eigenvalue weighted by molar-refractivity contribution is 9.10. The van der Waals surface area contributed by atoms with Gasteiger partial charge in [0.25, 0.3) is 15.9 Å². The fraction of sp³-hybridized carbons (Fsp3) is 0.0667. The molecule has 2 heterocycles. The van der Waals surface area contributed by atoms with Gasteiger partial charge in [0.05, 0.1) is 13.3 Å². The van der Waals surface area contributed by atoms with E-state index in [1.165, 1.54) is 13.3 Å². The molecule has 0 aliphatic carbocycles. The number of hydrogen-bond donors (Lipinski definition) is 1. The second-order valence-corrected chi connectivity index (χ2v) is 8.25. The van der Waals surface area contributed by atoms with Gasteiger partial charge in [0.1, 0.15) is 8.81 Å². The van der Waals surface area contributed by atoms with E-state index in [1.54, 1.807) is 11.4 Å². The van der Waals surface area contributed by atoms with Crippen molar-refractivity contribution in [3.63, 3.8) is 0 Å². The highest BCUT2D eigenvalue weighted by Gasteiger charge is 2.23. The molecule has 124 valence electrons. The van der Waals surface area contributed by atoms with Gasteiger partial charge in [-0.15, -0.1) is 11.3 Å². The van der Waals surface area contributed by atoms with Crippen LogP contribution in [0.25, 0.3) is 11.1 Å². The summed E-state index contributed by atoms with van der Waals surface area (Å²) in [6.07, 6.45) is 1.40. The number of methoxy groups -OCH3 is 1. The molecule has 3 rings (SSSR count). The van der Waals surface area contributed by atoms with E-state index < -0.39 is 10.0 Å². The lowest BCUT2D eigenvalue weighted by molar-refractivity contribution is 0.397. The van der Waals surface area contributed by atoms with E-state index in [0.717, 1.165) is 16.9 Å². The van der Waals surface area contributed by atoms with Gasteiger partial charge in [0, 0.05) is 5.56 Å². The van der Waals surface area contributed by atoms with Crippen molar-refractivity contribution in [1.82, 2.24) is 9.97 Å². The van der Waals surface area contributed by atoms with Crippen molar-refractivity contribution < 1.29 is 13.2 Å². The van der Waals surface area contributed by atoms with Gasteiger partial charge in [-0.05, 0) is 32.9 Å². The van der Waals surface area contributed by atoms with Gasteiger partial charge < -0.3 is 4.74 Å². The van der Waals surface area contributed by atoms with E-state index in [0.29, 0.717) is 10.2 Å². The van der Waals surface area contributed by atoms with Crippen LogP contribution in [0.3, 0.4) is 0 Å². The summed E-state index contributed by atoms with van der Waals surface area (Å²) in [5.74, 6) is 0.124. The predicted molar refractivity (Wildman–Crippen MR) is 96.8 cm³/mol. The number of thiophene rings is 1. The number of ether oxygens (including phenoxy) is 1. The average Bonchev–Trinajstić information content (AvgIpc) is 3.08. The first-order valence-electron chi connectivity index (χ1n) is 6.73. The normalized spacial score (nSPS) is 11.2. The maximum atomic E-state index is 12.8. The molecule has 0 saturated heterocycles. The fourth-order valence-corrected chi connectivity index (χ4v) is 4.74. The number of rotatable bonds is 5. The number of nitrogens with zero attached hydrogens (tertiary/aromatic N) is 2. The van der Waals surface area contributed by atoms with Crippen LogP contribution in [0.15, 0.2) is 56.8 Å². The zero-order valence-corrected chi connectivity index (χ0v) is 15.7. The zero-order valence-electron chi connectivity index (χ0n) is 12.4. The van der Waals surface area contributed by atoms with E-state index in [9.17, 15) is 8.42 Å². The van der Waals surface area contributed by atoms with Gasteiger partial charge >= 0.3 is 0 Å². The molecule has 0 atom stereocenters. The van der Waals surface area contributed by atoms with Gasteiger partial charge in [-0.3, -0.25) is 4.72 Å². The summed E-state index contributed by atoms with van der Waals surface area (Å²) in [5, 5.41) is 1.74. The standard InChI is InChI=1S/C15H12BrN3O3S2/c1-22-14-13(17-9-12(16)18-14)19-24(20,21)15-11(7-8-23-15)10-5-3-2-4-6-10/h2-9H,1H3,(H,17,19). The molecule has 0 amide bonds. The maximum absolute atomic E-state index is 12.8. The molecule has 9 heteroatoms. The summed E-state index contributed by atoms with van der Waals surface area (Å²) >= 11 is 4.31. The minimum atomic E-state index is -3.82. The van der Waals surface area contributed by atoms with E-state index in [1.807, 2.05) is 30.3 Å². The summed E-state index contributed by atoms with van der Waals surface area (Å²) in [4.78, 5) is 8.07. The number of hydrogen-bond acceptors (Lipinski definition) is 6. The first kappa shape index (κ1) is 16.9. The Hall–Kier alpha value is -1.97. The molecule has 3 aromatic rings. The molecule has 6 nitrogen and oxygen atoms in total. The van der Waals surface area contributed by atoms with Crippen LogP contribution in [0.4, 0.5) is 5.82 Å². The molecule has 0 fully saturated rings. The SMILES string of the molecule is COc1nc(Br)cnc1NS(=O)(=O)c1sccc1-c1ccccc1. The Balaban J connectivity index is 2.00. The second kappa shape index (κ2) is 6.88. The number of sulfonamides is 1. The van der Waals surface area contributed by atoms with Gasteiger partial charge in [0.15, 0.2) is 0 Å². The largest absolute Gasteiger partial charge is 0.478 e. The van der Waals surface area contributed by atoms with Crippen LogP contribution in [-0.4, -0.2) is 25.5 Å². The van der Waals surface area contributed by atoms with Gasteiger partial charge in [0.2, 0.25) is 5.82 Å². The van der Waals surface area contributed by atoms with Gasteiger partial charge in [-0.25, -0.2) is 18.4 Å². The van der Waals surface area contributed by atoms with E-state index in [2.05, 4.69) is 30.6 Å². The Labute approximate surface area is 151 Å². The third-order valence-corrected chi connectivity index (χ3v) is 6.30. The molecule has 0 bridgehead atoms. The minimum Gasteiger partial charge on any atom is -0.478 e. The van der Waals surface area contributed by atoms with Crippen molar-refractivity contribution >= 4 is 43.1 Å². The maximum Gasteiger partial charge on any atom is 0.273 e. The van der Waals surface area contributed by atoms with Gasteiger partial charge in [-0.2, -0.15) is 0 Å². The fourth-order valence-electron chi connectivity index (χ4n) is 2.07. The molecule has 0 unspecified atom stereocenters. The molecule has 0 spiro atoms. The van der Waals surface area contributed by atoms with Crippen molar-refractivity contribution in [2.24, 2.45) is 0 Å². The van der Waals surface area contributed by atoms with Crippen molar-refractivity contribution in [2.75, 3.05) is 11.8 Å². The van der Waals surface area contributed by atoms with E-state index >= 15 is 0 Å². The van der Waals surface area contributed by atoms with Crippen molar-refractivity contribution in [2.45, 2.75) is 4.21 Å². The topological polar surface area (TPSA) is 81.2 Å². The molecule has 2 aromatic heterocycles. The first-order valence-corrected chi connectivity index (χ1v) is 9.89. The molecule has 0 aliphatic rings. The smallest absolute Gasteiger partial charge is 0.273 e. The first-order chi connectivity index (χ1) is 11.5. The van der Waals surface area contributed by atoms with Gasteiger partial charge in [-0.1, -0.05) is 30.3 Å². The van der Waals surface area contributed by atoms with Crippen LogP contribution in [-0.2, 0) is 10.0 Å². The third-order valence-electron chi connectivity index (χ3n) is 3.09. The third kappa shape index (κ3) is 3.42. The van der Waals surface area contributed by atoms with E-state index in [-0.39, 0.29) is 15.9 Å². The summed E-state index contributed by atoms with van der Waals surface area (Å²) < 4.78 is 33.7. The molecular formula is C15H12BrN3O3S2. The van der Waals surface area contributed by atoms with Crippen molar-refractivity contribution in [3.05, 3.63) is 52.6 Å². The minimum absolute atomic E-state index is 0.0353. The molecular weight excluding hydrogens is 414 g/mol. The quantitative estimate of drug-likeness (QED) is 0.672. The monoisotopic (exact) mass is 425 g/mol. The van der Waals surface area contributed by atoms with Crippen LogP contribution in [0, 0.1) is 0 Å². The lowest BCUT2D eigenvalue weighted by Crippen LogP contribution is -2.14. The Bertz CT molecular complexity index is 959. The van der Waals surface area contributed by atoms with Crippen molar-refractivity contribution in [3.8, 4) is 17.0 Å². The lowest BCUT2D eigenvalue weighted by atomic mass is 10.1. The zero-order chi connectivity index (χ0) is 17.2. The van der Waals surface area contributed by atoms with Crippen LogP contribution >= 0.6 is 27.3 Å². The lowest BCUT2D eigenvalue weighted by Gasteiger charge is -2.10. The summed E-state index contributed by atoms with van der Waals surface area (Å²) in [5.41, 5.74) is 1.46. The Morgan fingerprint density at radius 3 is 2.67 bits per heavy atom. The van der Waals surface area contributed by atoms with Crippen molar-refractivity contribution in [1.29, 1.82) is 0 Å². The second-order valence-electron chi connectivity index (χ2n) is 4.64. The average molecular weight is 426 g/mol. The number of halogens is 1. The number of nitrogens with one attached hydrogen (secondary N) is 1. The molecule has 24 heavy (non-hydrogen) atoms. The summed E-state index contributed by atoms with van der Waals surface area (Å²) in [6, 6.07) is 11.1. The molecule has 0 radical (unpaired) electrons. The molecule has 0 saturated carbocycles. The number of aromatic nitrogens is 2. The van der Waals surface area contributed by atoms with Crippen LogP contribution < -0.4 is 9.46 Å². The Morgan fingerprint density at radius 1 is 1.21 bits per heavy atom. The van der Waals surface area contributed by atoms with E-state index in [4.69, 9.17) is 4.74 Å². The molecule has 1 aromatic carbocycles. The molecule has 1 N–H and O–H groups in total. The summed E-state index contributed by atoms with van der Waals surface area (Å²) in [7, 11) is -2.43. The highest BCUT2D eigenvalue weighted by atomic mass is 79.9. The highest BCUT2D eigenvalue weighted by Crippen LogP contribution is 2.34. The van der Waals surface area contributed by atoms with Crippen LogP contribution in [0.5, 0.6) is 5.88 Å². The van der Waals surface area contributed by atoms with Crippen LogP contribution in [0.2, 0.25) is 0 Å². The predicted octanol–water partition coefficient (Wildman–Crippen LogP) is 3.78. The number of anilines is 1. The Kier molecular flexibility index (Phi) is 4.83.